The molecule has 2 fully saturated rings. The highest BCUT2D eigenvalue weighted by Gasteiger charge is 2.38. The molecule has 0 saturated heterocycles. The summed E-state index contributed by atoms with van der Waals surface area (Å²) in [5.74, 6) is 3.17. The maximum absolute atomic E-state index is 3.70. The third kappa shape index (κ3) is 3.60. The number of nitrogens with one attached hydrogen (secondary N) is 1. The Morgan fingerprint density at radius 1 is 1.00 bits per heavy atom. The largest absolute Gasteiger partial charge is 0.316 e. The molecule has 0 aliphatic heterocycles. The fraction of sp³-hybridized carbons (Fsp3) is 0.667. The first-order valence-electron chi connectivity index (χ1n) is 8.16. The van der Waals surface area contributed by atoms with Crippen LogP contribution in [0.15, 0.2) is 30.3 Å². The molecule has 0 heterocycles. The van der Waals surface area contributed by atoms with Gasteiger partial charge in [0.1, 0.15) is 0 Å². The Hall–Kier alpha value is -0.820. The van der Waals surface area contributed by atoms with Crippen molar-refractivity contribution in [1.82, 2.24) is 5.32 Å². The molecule has 3 atom stereocenters. The molecular formula is C18H27N. The van der Waals surface area contributed by atoms with Gasteiger partial charge in [-0.05, 0) is 74.9 Å². The summed E-state index contributed by atoms with van der Waals surface area (Å²) >= 11 is 0. The second kappa shape index (κ2) is 6.56. The summed E-state index contributed by atoms with van der Waals surface area (Å²) in [5, 5.41) is 3.70. The molecule has 19 heavy (non-hydrogen) atoms. The van der Waals surface area contributed by atoms with Gasteiger partial charge in [-0.1, -0.05) is 36.8 Å². The second-order valence-corrected chi connectivity index (χ2v) is 6.58. The van der Waals surface area contributed by atoms with Crippen LogP contribution < -0.4 is 5.32 Å². The number of aryl methyl sites for hydroxylation is 1. The smallest absolute Gasteiger partial charge is 0.00178 e. The van der Waals surface area contributed by atoms with Crippen molar-refractivity contribution >= 4 is 0 Å². The van der Waals surface area contributed by atoms with E-state index in [1.807, 2.05) is 0 Å². The monoisotopic (exact) mass is 257 g/mol. The summed E-state index contributed by atoms with van der Waals surface area (Å²) in [6, 6.07) is 10.9. The maximum atomic E-state index is 3.70. The molecule has 2 aliphatic rings. The minimum Gasteiger partial charge on any atom is -0.316 e. The first kappa shape index (κ1) is 13.2. The molecule has 0 spiro atoms. The van der Waals surface area contributed by atoms with Gasteiger partial charge in [0.25, 0.3) is 0 Å². The molecule has 104 valence electrons. The Morgan fingerprint density at radius 2 is 1.89 bits per heavy atom. The summed E-state index contributed by atoms with van der Waals surface area (Å²) in [5.41, 5.74) is 1.48. The Kier molecular flexibility index (Phi) is 4.55. The molecule has 3 rings (SSSR count). The van der Waals surface area contributed by atoms with E-state index in [4.69, 9.17) is 0 Å². The quantitative estimate of drug-likeness (QED) is 0.727. The van der Waals surface area contributed by atoms with Gasteiger partial charge in [0.15, 0.2) is 0 Å². The molecule has 1 heteroatoms. The van der Waals surface area contributed by atoms with E-state index in [9.17, 15) is 0 Å². The summed E-state index contributed by atoms with van der Waals surface area (Å²) in [4.78, 5) is 0. The average Bonchev–Trinajstić information content (AvgIpc) is 3.06. The van der Waals surface area contributed by atoms with Crippen molar-refractivity contribution in [3.63, 3.8) is 0 Å². The molecular weight excluding hydrogens is 230 g/mol. The third-order valence-electron chi connectivity index (χ3n) is 5.20. The molecule has 3 unspecified atom stereocenters. The van der Waals surface area contributed by atoms with Gasteiger partial charge in [0.05, 0.1) is 0 Å². The van der Waals surface area contributed by atoms with Crippen LogP contribution in [0.1, 0.15) is 44.1 Å². The van der Waals surface area contributed by atoms with E-state index < -0.39 is 0 Å². The van der Waals surface area contributed by atoms with Gasteiger partial charge in [-0.3, -0.25) is 0 Å². The van der Waals surface area contributed by atoms with Gasteiger partial charge in [-0.15, -0.1) is 0 Å². The van der Waals surface area contributed by atoms with Crippen LogP contribution in [0, 0.1) is 17.8 Å². The van der Waals surface area contributed by atoms with E-state index in [-0.39, 0.29) is 0 Å². The van der Waals surface area contributed by atoms with Crippen LogP contribution in [0.4, 0.5) is 0 Å². The lowest BCUT2D eigenvalue weighted by Crippen LogP contribution is -2.27. The second-order valence-electron chi connectivity index (χ2n) is 6.58. The van der Waals surface area contributed by atoms with Gasteiger partial charge < -0.3 is 5.32 Å². The number of benzene rings is 1. The van der Waals surface area contributed by atoms with Gasteiger partial charge >= 0.3 is 0 Å². The lowest BCUT2D eigenvalue weighted by Gasteiger charge is -2.21. The molecule has 2 saturated carbocycles. The topological polar surface area (TPSA) is 12.0 Å². The van der Waals surface area contributed by atoms with E-state index in [1.165, 1.54) is 57.2 Å². The summed E-state index contributed by atoms with van der Waals surface area (Å²) < 4.78 is 0. The molecule has 1 N–H and O–H groups in total. The van der Waals surface area contributed by atoms with Crippen LogP contribution in [0.3, 0.4) is 0 Å². The van der Waals surface area contributed by atoms with Crippen molar-refractivity contribution in [2.24, 2.45) is 17.8 Å². The van der Waals surface area contributed by atoms with Gasteiger partial charge in [-0.25, -0.2) is 0 Å². The van der Waals surface area contributed by atoms with Crippen molar-refractivity contribution < 1.29 is 0 Å². The number of hydrogen-bond acceptors (Lipinski definition) is 1. The Labute approximate surface area is 117 Å². The fourth-order valence-electron chi connectivity index (χ4n) is 4.14. The van der Waals surface area contributed by atoms with E-state index in [0.29, 0.717) is 0 Å². The van der Waals surface area contributed by atoms with Crippen molar-refractivity contribution in [3.8, 4) is 0 Å². The van der Waals surface area contributed by atoms with E-state index in [1.54, 1.807) is 6.42 Å². The van der Waals surface area contributed by atoms with Crippen molar-refractivity contribution in [2.75, 3.05) is 13.1 Å². The third-order valence-corrected chi connectivity index (χ3v) is 5.20. The highest BCUT2D eigenvalue weighted by molar-refractivity contribution is 5.14. The van der Waals surface area contributed by atoms with Gasteiger partial charge in [0.2, 0.25) is 0 Å². The number of hydrogen-bond donors (Lipinski definition) is 1. The average molecular weight is 257 g/mol. The Morgan fingerprint density at radius 3 is 2.63 bits per heavy atom. The molecule has 0 aromatic heterocycles. The van der Waals surface area contributed by atoms with Gasteiger partial charge in [-0.2, -0.15) is 0 Å². The summed E-state index contributed by atoms with van der Waals surface area (Å²) in [7, 11) is 0. The molecule has 1 aromatic rings. The minimum absolute atomic E-state index is 1.01. The van der Waals surface area contributed by atoms with Crippen LogP contribution in [0.2, 0.25) is 0 Å². The molecule has 0 amide bonds. The first-order chi connectivity index (χ1) is 9.42. The minimum atomic E-state index is 1.01. The van der Waals surface area contributed by atoms with E-state index in [0.717, 1.165) is 17.8 Å². The normalized spacial score (nSPS) is 28.9. The number of rotatable bonds is 7. The van der Waals surface area contributed by atoms with E-state index >= 15 is 0 Å². The summed E-state index contributed by atoms with van der Waals surface area (Å²) in [6.45, 7) is 2.49. The number of fused-ring (bicyclic) bond motifs is 2. The first-order valence-corrected chi connectivity index (χ1v) is 8.16. The van der Waals surface area contributed by atoms with Crippen LogP contribution in [0.5, 0.6) is 0 Å². The zero-order valence-corrected chi connectivity index (χ0v) is 12.0. The number of unbranched alkanes of at least 4 members (excludes halogenated alkanes) is 1. The van der Waals surface area contributed by atoms with Gasteiger partial charge in [0, 0.05) is 0 Å². The lowest BCUT2D eigenvalue weighted by molar-refractivity contribution is 0.318. The van der Waals surface area contributed by atoms with Crippen molar-refractivity contribution in [3.05, 3.63) is 35.9 Å². The zero-order valence-electron chi connectivity index (χ0n) is 12.0. The molecule has 2 aliphatic carbocycles. The SMILES string of the molecule is c1ccc(CCCCNCC2CC3CCC2C3)cc1. The Balaban J connectivity index is 1.24. The molecule has 1 aromatic carbocycles. The van der Waals surface area contributed by atoms with E-state index in [2.05, 4.69) is 35.6 Å². The zero-order chi connectivity index (χ0) is 12.9. The maximum Gasteiger partial charge on any atom is -0.00178 e. The summed E-state index contributed by atoms with van der Waals surface area (Å²) in [6.07, 6.45) is 9.96. The van der Waals surface area contributed by atoms with Crippen LogP contribution >= 0.6 is 0 Å². The highest BCUT2D eigenvalue weighted by atomic mass is 14.9. The predicted octanol–water partition coefficient (Wildman–Crippen LogP) is 4.04. The highest BCUT2D eigenvalue weighted by Crippen LogP contribution is 2.47. The molecule has 0 radical (unpaired) electrons. The fourth-order valence-corrected chi connectivity index (χ4v) is 4.14. The van der Waals surface area contributed by atoms with Crippen molar-refractivity contribution in [2.45, 2.75) is 44.9 Å². The van der Waals surface area contributed by atoms with Crippen LogP contribution in [-0.2, 0) is 6.42 Å². The van der Waals surface area contributed by atoms with Crippen LogP contribution in [0.25, 0.3) is 0 Å². The van der Waals surface area contributed by atoms with Crippen LogP contribution in [-0.4, -0.2) is 13.1 Å². The standard InChI is InChI=1S/C18H27N/c1-2-6-15(7-3-1)8-4-5-11-19-14-18-13-16-9-10-17(18)12-16/h1-3,6-7,16-19H,4-5,8-14H2. The van der Waals surface area contributed by atoms with Crippen molar-refractivity contribution in [1.29, 1.82) is 0 Å². The Bertz CT molecular complexity index is 373. The molecule has 2 bridgehead atoms. The predicted molar refractivity (Wildman–Crippen MR) is 81.2 cm³/mol. The lowest BCUT2D eigenvalue weighted by atomic mass is 9.89. The molecule has 1 nitrogen and oxygen atoms in total.